The highest BCUT2D eigenvalue weighted by Gasteiger charge is 2.17. The van der Waals surface area contributed by atoms with Crippen molar-refractivity contribution in [1.29, 1.82) is 0 Å². The van der Waals surface area contributed by atoms with Crippen LogP contribution in [0.4, 0.5) is 4.39 Å². The number of methoxy groups -OCH3 is 1. The third-order valence-electron chi connectivity index (χ3n) is 2.93. The second-order valence-electron chi connectivity index (χ2n) is 4.09. The van der Waals surface area contributed by atoms with Gasteiger partial charge in [0.1, 0.15) is 11.6 Å². The minimum absolute atomic E-state index is 0.00571. The molecule has 2 aromatic rings. The summed E-state index contributed by atoms with van der Waals surface area (Å²) in [5, 5.41) is 0.486. The Balaban J connectivity index is 2.47. The van der Waals surface area contributed by atoms with Crippen molar-refractivity contribution >= 4 is 17.4 Å². The van der Waals surface area contributed by atoms with E-state index in [2.05, 4.69) is 0 Å². The Hall–Kier alpha value is -1.87. The molecule has 4 heteroatoms. The van der Waals surface area contributed by atoms with Gasteiger partial charge in [-0.3, -0.25) is 4.79 Å². The topological polar surface area (TPSA) is 26.3 Å². The second-order valence-corrected chi connectivity index (χ2v) is 4.49. The molecule has 0 atom stereocenters. The molecule has 19 heavy (non-hydrogen) atoms. The first kappa shape index (κ1) is 13.6. The van der Waals surface area contributed by atoms with Gasteiger partial charge < -0.3 is 4.74 Å². The number of rotatable bonds is 3. The average molecular weight is 279 g/mol. The lowest BCUT2D eigenvalue weighted by molar-refractivity contribution is 0.103. The number of hydrogen-bond donors (Lipinski definition) is 0. The van der Waals surface area contributed by atoms with Crippen LogP contribution in [-0.4, -0.2) is 12.9 Å². The van der Waals surface area contributed by atoms with E-state index >= 15 is 0 Å². The quantitative estimate of drug-likeness (QED) is 0.793. The zero-order chi connectivity index (χ0) is 14.0. The largest absolute Gasteiger partial charge is 0.497 e. The third kappa shape index (κ3) is 2.61. The van der Waals surface area contributed by atoms with Crippen molar-refractivity contribution < 1.29 is 13.9 Å². The summed E-state index contributed by atoms with van der Waals surface area (Å²) in [6.45, 7) is 1.73. The highest BCUT2D eigenvalue weighted by molar-refractivity contribution is 6.32. The molecule has 0 radical (unpaired) electrons. The molecule has 0 unspecified atom stereocenters. The molecular weight excluding hydrogens is 267 g/mol. The fourth-order valence-electron chi connectivity index (χ4n) is 1.81. The molecule has 0 N–H and O–H groups in total. The zero-order valence-corrected chi connectivity index (χ0v) is 11.3. The molecule has 2 rings (SSSR count). The predicted molar refractivity (Wildman–Crippen MR) is 72.6 cm³/mol. The normalized spacial score (nSPS) is 10.3. The number of benzene rings is 2. The van der Waals surface area contributed by atoms with Crippen molar-refractivity contribution in [2.24, 2.45) is 0 Å². The van der Waals surface area contributed by atoms with Gasteiger partial charge in [0.15, 0.2) is 5.78 Å². The van der Waals surface area contributed by atoms with Crippen molar-refractivity contribution in [2.75, 3.05) is 7.11 Å². The fourth-order valence-corrected chi connectivity index (χ4v) is 1.98. The molecule has 2 aromatic carbocycles. The third-order valence-corrected chi connectivity index (χ3v) is 3.34. The molecule has 0 heterocycles. The maximum atomic E-state index is 13.9. The number of hydrogen-bond acceptors (Lipinski definition) is 2. The minimum atomic E-state index is -0.608. The summed E-state index contributed by atoms with van der Waals surface area (Å²) in [6.07, 6.45) is 0. The SMILES string of the molecule is COc1ccc(C(=O)c2cccc(Cl)c2C)c(F)c1. The number of carbonyl (C=O) groups excluding carboxylic acids is 1. The van der Waals surface area contributed by atoms with Gasteiger partial charge in [-0.2, -0.15) is 0 Å². The summed E-state index contributed by atoms with van der Waals surface area (Å²) >= 11 is 5.97. The summed E-state index contributed by atoms with van der Waals surface area (Å²) < 4.78 is 18.8. The van der Waals surface area contributed by atoms with Crippen LogP contribution in [0.1, 0.15) is 21.5 Å². The summed E-state index contributed by atoms with van der Waals surface area (Å²) in [5.74, 6) is -0.624. The van der Waals surface area contributed by atoms with E-state index in [1.54, 1.807) is 31.2 Å². The Morgan fingerprint density at radius 1 is 1.21 bits per heavy atom. The van der Waals surface area contributed by atoms with Gasteiger partial charge in [-0.1, -0.05) is 23.7 Å². The maximum absolute atomic E-state index is 13.9. The molecule has 0 fully saturated rings. The van der Waals surface area contributed by atoms with Crippen LogP contribution < -0.4 is 4.74 Å². The van der Waals surface area contributed by atoms with Gasteiger partial charge >= 0.3 is 0 Å². The van der Waals surface area contributed by atoms with Gasteiger partial charge in [-0.25, -0.2) is 4.39 Å². The Morgan fingerprint density at radius 2 is 1.95 bits per heavy atom. The molecule has 0 amide bonds. The van der Waals surface area contributed by atoms with Crippen LogP contribution >= 0.6 is 11.6 Å². The Kier molecular flexibility index (Phi) is 3.86. The Labute approximate surface area is 115 Å². The van der Waals surface area contributed by atoms with E-state index in [-0.39, 0.29) is 11.3 Å². The molecule has 2 nitrogen and oxygen atoms in total. The summed E-state index contributed by atoms with van der Waals surface area (Å²) in [4.78, 5) is 12.3. The number of ketones is 1. The fraction of sp³-hybridized carbons (Fsp3) is 0.133. The van der Waals surface area contributed by atoms with Gasteiger partial charge in [0.25, 0.3) is 0 Å². The van der Waals surface area contributed by atoms with E-state index in [9.17, 15) is 9.18 Å². The lowest BCUT2D eigenvalue weighted by atomic mass is 9.98. The van der Waals surface area contributed by atoms with Gasteiger partial charge in [0, 0.05) is 16.7 Å². The van der Waals surface area contributed by atoms with Gasteiger partial charge in [-0.15, -0.1) is 0 Å². The Morgan fingerprint density at radius 3 is 2.58 bits per heavy atom. The van der Waals surface area contributed by atoms with E-state index < -0.39 is 5.82 Å². The maximum Gasteiger partial charge on any atom is 0.196 e. The summed E-state index contributed by atoms with van der Waals surface area (Å²) in [6, 6.07) is 9.15. The van der Waals surface area contributed by atoms with E-state index in [0.717, 1.165) is 0 Å². The minimum Gasteiger partial charge on any atom is -0.497 e. The van der Waals surface area contributed by atoms with Crippen LogP contribution in [0.3, 0.4) is 0 Å². The van der Waals surface area contributed by atoms with Gasteiger partial charge in [-0.05, 0) is 30.7 Å². The first-order valence-corrected chi connectivity index (χ1v) is 6.05. The van der Waals surface area contributed by atoms with Gasteiger partial charge in [0.05, 0.1) is 12.7 Å². The first-order chi connectivity index (χ1) is 9.04. The van der Waals surface area contributed by atoms with Crippen molar-refractivity contribution in [2.45, 2.75) is 6.92 Å². The summed E-state index contributed by atoms with van der Waals surface area (Å²) in [5.41, 5.74) is 1.05. The molecule has 0 bridgehead atoms. The molecule has 0 aliphatic carbocycles. The Bertz CT molecular complexity index is 638. The van der Waals surface area contributed by atoms with E-state index in [4.69, 9.17) is 16.3 Å². The number of carbonyl (C=O) groups is 1. The van der Waals surface area contributed by atoms with Crippen molar-refractivity contribution in [1.82, 2.24) is 0 Å². The molecule has 98 valence electrons. The highest BCUT2D eigenvalue weighted by atomic mass is 35.5. The van der Waals surface area contributed by atoms with Crippen LogP contribution in [0.25, 0.3) is 0 Å². The lowest BCUT2D eigenvalue weighted by Gasteiger charge is -2.08. The van der Waals surface area contributed by atoms with E-state index in [1.807, 2.05) is 0 Å². The zero-order valence-electron chi connectivity index (χ0n) is 10.5. The monoisotopic (exact) mass is 278 g/mol. The molecule has 0 saturated heterocycles. The van der Waals surface area contributed by atoms with Crippen LogP contribution in [0.2, 0.25) is 5.02 Å². The molecule has 0 aromatic heterocycles. The van der Waals surface area contributed by atoms with E-state index in [0.29, 0.717) is 21.9 Å². The second kappa shape index (κ2) is 5.41. The van der Waals surface area contributed by atoms with Crippen LogP contribution in [0, 0.1) is 12.7 Å². The van der Waals surface area contributed by atoms with Crippen molar-refractivity contribution in [3.63, 3.8) is 0 Å². The standard InChI is InChI=1S/C15H12ClFO2/c1-9-11(4-3-5-13(9)16)15(18)12-7-6-10(19-2)8-14(12)17/h3-8H,1-2H3. The van der Waals surface area contributed by atoms with Crippen molar-refractivity contribution in [3.8, 4) is 5.75 Å². The molecule has 0 saturated carbocycles. The smallest absolute Gasteiger partial charge is 0.196 e. The molecular formula is C15H12ClFO2. The average Bonchev–Trinajstić information content (AvgIpc) is 2.41. The molecule has 0 aliphatic heterocycles. The van der Waals surface area contributed by atoms with Crippen LogP contribution in [-0.2, 0) is 0 Å². The lowest BCUT2D eigenvalue weighted by Crippen LogP contribution is -2.06. The predicted octanol–water partition coefficient (Wildman–Crippen LogP) is 4.03. The van der Waals surface area contributed by atoms with Gasteiger partial charge in [0.2, 0.25) is 0 Å². The van der Waals surface area contributed by atoms with Crippen molar-refractivity contribution in [3.05, 3.63) is 63.9 Å². The number of halogens is 2. The van der Waals surface area contributed by atoms with Crippen LogP contribution in [0.15, 0.2) is 36.4 Å². The first-order valence-electron chi connectivity index (χ1n) is 5.68. The highest BCUT2D eigenvalue weighted by Crippen LogP contribution is 2.24. The number of ether oxygens (including phenoxy) is 1. The van der Waals surface area contributed by atoms with E-state index in [1.165, 1.54) is 19.2 Å². The van der Waals surface area contributed by atoms with Crippen LogP contribution in [0.5, 0.6) is 5.75 Å². The summed E-state index contributed by atoms with van der Waals surface area (Å²) in [7, 11) is 1.44. The molecule has 0 spiro atoms. The molecule has 0 aliphatic rings.